The molecule has 8 nitrogen and oxygen atoms in total. The first-order valence-corrected chi connectivity index (χ1v) is 6.27. The number of hydrogen-bond acceptors (Lipinski definition) is 9. The van der Waals surface area contributed by atoms with Gasteiger partial charge in [-0.3, -0.25) is 0 Å². The third-order valence-corrected chi connectivity index (χ3v) is 2.99. The molecule has 108 valence electrons. The highest BCUT2D eigenvalue weighted by Gasteiger charge is 2.43. The van der Waals surface area contributed by atoms with Gasteiger partial charge in [0.1, 0.15) is 24.4 Å². The Labute approximate surface area is 109 Å². The van der Waals surface area contributed by atoms with Gasteiger partial charge in [-0.05, 0) is 20.8 Å². The Morgan fingerprint density at radius 1 is 1.28 bits per heavy atom. The Kier molecular flexibility index (Phi) is 6.77. The van der Waals surface area contributed by atoms with Gasteiger partial charge in [-0.25, -0.2) is 9.98 Å². The molecule has 1 heterocycles. The fraction of sp³-hybridized carbons (Fsp3) is 1.00. The summed E-state index contributed by atoms with van der Waals surface area (Å²) in [6, 6.07) is -0.737. The lowest BCUT2D eigenvalue weighted by atomic mass is 9.98. The highest BCUT2D eigenvalue weighted by molar-refractivity contribution is 7.92. The van der Waals surface area contributed by atoms with Crippen molar-refractivity contribution >= 4 is 12.2 Å². The van der Waals surface area contributed by atoms with E-state index in [-0.39, 0.29) is 6.10 Å². The third-order valence-electron chi connectivity index (χ3n) is 2.50. The van der Waals surface area contributed by atoms with Crippen LogP contribution in [0.2, 0.25) is 0 Å². The minimum atomic E-state index is -1.10. The Hall–Kier alpha value is 0.0300. The molecule has 1 aliphatic heterocycles. The molecule has 0 aromatic heterocycles. The third kappa shape index (κ3) is 4.30. The zero-order chi connectivity index (χ0) is 13.7. The van der Waals surface area contributed by atoms with Crippen LogP contribution in [0, 0.1) is 0 Å². The van der Waals surface area contributed by atoms with Crippen LogP contribution in [0.15, 0.2) is 0 Å². The first kappa shape index (κ1) is 16.1. The van der Waals surface area contributed by atoms with Gasteiger partial charge in [0.2, 0.25) is 0 Å². The second-order valence-corrected chi connectivity index (χ2v) is 4.78. The fourth-order valence-corrected chi connectivity index (χ4v) is 2.06. The molecule has 0 bridgehead atoms. The molecule has 0 spiro atoms. The van der Waals surface area contributed by atoms with Crippen LogP contribution in [0.5, 0.6) is 0 Å². The summed E-state index contributed by atoms with van der Waals surface area (Å²) in [5.74, 6) is 0. The molecule has 0 aromatic carbocycles. The summed E-state index contributed by atoms with van der Waals surface area (Å²) in [7, 11) is 0. The first-order valence-electron chi connectivity index (χ1n) is 5.53. The molecule has 5 atom stereocenters. The number of hydrogen-bond donors (Lipinski definition) is 4. The largest absolute Gasteiger partial charge is 0.388 e. The van der Waals surface area contributed by atoms with Crippen molar-refractivity contribution in [2.45, 2.75) is 57.5 Å². The summed E-state index contributed by atoms with van der Waals surface area (Å²) in [5.41, 5.74) is 0. The second-order valence-electron chi connectivity index (χ2n) is 4.25. The summed E-state index contributed by atoms with van der Waals surface area (Å²) < 4.78 is 17.7. The molecule has 4 N–H and O–H groups in total. The molecule has 1 saturated heterocycles. The second kappa shape index (κ2) is 7.58. The Bertz CT molecular complexity index is 245. The first-order chi connectivity index (χ1) is 8.47. The molecule has 18 heavy (non-hydrogen) atoms. The maximum absolute atomic E-state index is 9.95. The van der Waals surface area contributed by atoms with Crippen molar-refractivity contribution in [1.29, 1.82) is 0 Å². The standard InChI is InChI=1S/C9H19NO7S/c1-4(2)14-9-6(10-18-17-16-13)8(12)7(11)5(3)15-9/h4-13H,1-3H3/t5?,6?,7-,8-,9+/m1/s1. The Morgan fingerprint density at radius 2 is 1.94 bits per heavy atom. The lowest BCUT2D eigenvalue weighted by Crippen LogP contribution is -2.61. The van der Waals surface area contributed by atoms with Crippen molar-refractivity contribution in [3.8, 4) is 0 Å². The zero-order valence-electron chi connectivity index (χ0n) is 10.3. The van der Waals surface area contributed by atoms with Crippen LogP contribution in [0.3, 0.4) is 0 Å². The predicted molar refractivity (Wildman–Crippen MR) is 61.9 cm³/mol. The lowest BCUT2D eigenvalue weighted by Gasteiger charge is -2.41. The van der Waals surface area contributed by atoms with Crippen LogP contribution >= 0.6 is 12.2 Å². The normalized spacial score (nSPS) is 37.2. The van der Waals surface area contributed by atoms with Crippen LogP contribution < -0.4 is 4.72 Å². The molecule has 2 unspecified atom stereocenters. The zero-order valence-corrected chi connectivity index (χ0v) is 11.2. The van der Waals surface area contributed by atoms with Crippen molar-refractivity contribution in [2.24, 2.45) is 0 Å². The van der Waals surface area contributed by atoms with Gasteiger partial charge in [0.15, 0.2) is 6.29 Å². The van der Waals surface area contributed by atoms with E-state index in [1.54, 1.807) is 6.92 Å². The van der Waals surface area contributed by atoms with Gasteiger partial charge >= 0.3 is 0 Å². The molecule has 1 fully saturated rings. The molecule has 0 aromatic rings. The van der Waals surface area contributed by atoms with E-state index >= 15 is 0 Å². The lowest BCUT2D eigenvalue weighted by molar-refractivity contribution is -0.432. The predicted octanol–water partition coefficient (Wildman–Crippen LogP) is -0.179. The fourth-order valence-electron chi connectivity index (χ4n) is 1.63. The van der Waals surface area contributed by atoms with Crippen molar-refractivity contribution in [1.82, 2.24) is 4.72 Å². The molecule has 0 aliphatic carbocycles. The van der Waals surface area contributed by atoms with Gasteiger partial charge in [0.25, 0.3) is 0 Å². The van der Waals surface area contributed by atoms with Gasteiger partial charge in [0, 0.05) is 0 Å². The van der Waals surface area contributed by atoms with Gasteiger partial charge in [-0.1, -0.05) is 5.04 Å². The number of aliphatic hydroxyl groups excluding tert-OH is 2. The number of aliphatic hydroxyl groups is 2. The van der Waals surface area contributed by atoms with Crippen molar-refractivity contribution in [2.75, 3.05) is 0 Å². The Morgan fingerprint density at radius 3 is 2.50 bits per heavy atom. The van der Waals surface area contributed by atoms with E-state index in [0.29, 0.717) is 12.2 Å². The minimum absolute atomic E-state index is 0.117. The SMILES string of the molecule is CC(C)O[C@H]1OC(C)[C@@H](O)[C@H](O)C1NSOOO. The van der Waals surface area contributed by atoms with Gasteiger partial charge < -0.3 is 19.7 Å². The summed E-state index contributed by atoms with van der Waals surface area (Å²) in [4.78, 5) is 0. The summed E-state index contributed by atoms with van der Waals surface area (Å²) >= 11 is 0.544. The van der Waals surface area contributed by atoms with Crippen LogP contribution in [0.25, 0.3) is 0 Å². The van der Waals surface area contributed by atoms with E-state index in [4.69, 9.17) is 14.7 Å². The van der Waals surface area contributed by atoms with E-state index in [9.17, 15) is 10.2 Å². The van der Waals surface area contributed by atoms with Crippen LogP contribution in [0.1, 0.15) is 20.8 Å². The highest BCUT2D eigenvalue weighted by atomic mass is 32.2. The molecule has 0 amide bonds. The monoisotopic (exact) mass is 285 g/mol. The Balaban J connectivity index is 2.63. The van der Waals surface area contributed by atoms with Crippen LogP contribution in [-0.2, 0) is 18.8 Å². The van der Waals surface area contributed by atoms with Crippen molar-refractivity contribution in [3.05, 3.63) is 0 Å². The summed E-state index contributed by atoms with van der Waals surface area (Å²) in [6.45, 7) is 5.28. The molecule has 0 saturated carbocycles. The molecule has 9 heteroatoms. The van der Waals surface area contributed by atoms with E-state index in [1.165, 1.54) is 0 Å². The van der Waals surface area contributed by atoms with Crippen LogP contribution in [-0.4, -0.2) is 52.2 Å². The quantitative estimate of drug-likeness (QED) is 0.174. The highest BCUT2D eigenvalue weighted by Crippen LogP contribution is 2.24. The van der Waals surface area contributed by atoms with E-state index < -0.39 is 30.6 Å². The van der Waals surface area contributed by atoms with Gasteiger partial charge in [-0.2, -0.15) is 0 Å². The molecule has 1 rings (SSSR count). The summed E-state index contributed by atoms with van der Waals surface area (Å²) in [6.07, 6.45) is -3.58. The molecular formula is C9H19NO7S. The maximum Gasteiger partial charge on any atom is 0.177 e. The van der Waals surface area contributed by atoms with Gasteiger partial charge in [0.05, 0.1) is 18.2 Å². The number of rotatable bonds is 6. The van der Waals surface area contributed by atoms with E-state index in [2.05, 4.69) is 14.1 Å². The maximum atomic E-state index is 9.95. The minimum Gasteiger partial charge on any atom is -0.388 e. The number of nitrogens with one attached hydrogen (secondary N) is 1. The van der Waals surface area contributed by atoms with Crippen LogP contribution in [0.4, 0.5) is 0 Å². The number of ether oxygens (including phenoxy) is 2. The average molecular weight is 285 g/mol. The van der Waals surface area contributed by atoms with E-state index in [1.807, 2.05) is 13.8 Å². The average Bonchev–Trinajstić information content (AvgIpc) is 2.30. The smallest absolute Gasteiger partial charge is 0.177 e. The summed E-state index contributed by atoms with van der Waals surface area (Å²) in [5, 5.41) is 31.1. The molecule has 1 aliphatic rings. The van der Waals surface area contributed by atoms with Gasteiger partial charge in [-0.15, -0.1) is 4.33 Å². The van der Waals surface area contributed by atoms with E-state index in [0.717, 1.165) is 0 Å². The molecular weight excluding hydrogens is 266 g/mol. The topological polar surface area (TPSA) is 110 Å². The van der Waals surface area contributed by atoms with Crippen molar-refractivity contribution < 1.29 is 34.3 Å². The molecule has 0 radical (unpaired) electrons. The van der Waals surface area contributed by atoms with Crippen molar-refractivity contribution in [3.63, 3.8) is 0 Å².